The number of hydrogen-bond acceptors (Lipinski definition) is 3. The van der Waals surface area contributed by atoms with Crippen molar-refractivity contribution in [3.8, 4) is 0 Å². The molecule has 2 aromatic carbocycles. The van der Waals surface area contributed by atoms with Crippen molar-refractivity contribution in [3.63, 3.8) is 0 Å². The van der Waals surface area contributed by atoms with Crippen LogP contribution in [0.3, 0.4) is 0 Å². The van der Waals surface area contributed by atoms with E-state index < -0.39 is 0 Å². The molecule has 25 heavy (non-hydrogen) atoms. The smallest absolute Gasteiger partial charge is 0.255 e. The third-order valence-corrected chi connectivity index (χ3v) is 4.29. The van der Waals surface area contributed by atoms with Gasteiger partial charge in [0, 0.05) is 42.6 Å². The molecule has 0 bridgehead atoms. The highest BCUT2D eigenvalue weighted by molar-refractivity contribution is 6.04. The maximum absolute atomic E-state index is 12.4. The van der Waals surface area contributed by atoms with Gasteiger partial charge in [0.25, 0.3) is 5.91 Å². The predicted molar refractivity (Wildman–Crippen MR) is 101 cm³/mol. The SMILES string of the molecule is CC(=O)Nc1cccc(NC(=O)c2ccc(N3CCCCC3)cc2)c1. The summed E-state index contributed by atoms with van der Waals surface area (Å²) in [7, 11) is 0. The van der Waals surface area contributed by atoms with Crippen molar-refractivity contribution in [1.82, 2.24) is 0 Å². The number of benzene rings is 2. The summed E-state index contributed by atoms with van der Waals surface area (Å²) in [6.45, 7) is 3.62. The first kappa shape index (κ1) is 17.0. The Balaban J connectivity index is 1.65. The lowest BCUT2D eigenvalue weighted by molar-refractivity contribution is -0.114. The average Bonchev–Trinajstić information content (AvgIpc) is 2.62. The molecule has 2 amide bonds. The van der Waals surface area contributed by atoms with E-state index in [1.54, 1.807) is 24.3 Å². The van der Waals surface area contributed by atoms with Gasteiger partial charge in [-0.25, -0.2) is 0 Å². The molecule has 130 valence electrons. The molecule has 0 spiro atoms. The van der Waals surface area contributed by atoms with Gasteiger partial charge in [-0.1, -0.05) is 6.07 Å². The fourth-order valence-electron chi connectivity index (χ4n) is 3.06. The van der Waals surface area contributed by atoms with Crippen molar-refractivity contribution in [2.75, 3.05) is 28.6 Å². The Morgan fingerprint density at radius 3 is 2.16 bits per heavy atom. The van der Waals surface area contributed by atoms with Gasteiger partial charge in [0.1, 0.15) is 0 Å². The number of amides is 2. The number of hydrogen-bond donors (Lipinski definition) is 2. The molecule has 1 saturated heterocycles. The topological polar surface area (TPSA) is 61.4 Å². The van der Waals surface area contributed by atoms with Crippen molar-refractivity contribution in [3.05, 3.63) is 54.1 Å². The Morgan fingerprint density at radius 1 is 0.880 bits per heavy atom. The van der Waals surface area contributed by atoms with Gasteiger partial charge in [-0.05, 0) is 61.7 Å². The summed E-state index contributed by atoms with van der Waals surface area (Å²) in [5, 5.41) is 5.57. The monoisotopic (exact) mass is 337 g/mol. The van der Waals surface area contributed by atoms with Crippen molar-refractivity contribution in [2.24, 2.45) is 0 Å². The Labute approximate surface area is 148 Å². The minimum absolute atomic E-state index is 0.142. The summed E-state index contributed by atoms with van der Waals surface area (Å²) in [6, 6.07) is 14.8. The number of nitrogens with zero attached hydrogens (tertiary/aromatic N) is 1. The van der Waals surface area contributed by atoms with E-state index in [2.05, 4.69) is 15.5 Å². The zero-order chi connectivity index (χ0) is 17.6. The second kappa shape index (κ2) is 7.83. The van der Waals surface area contributed by atoms with Crippen molar-refractivity contribution >= 4 is 28.9 Å². The molecule has 0 saturated carbocycles. The van der Waals surface area contributed by atoms with Gasteiger partial charge in [-0.3, -0.25) is 9.59 Å². The fourth-order valence-corrected chi connectivity index (χ4v) is 3.06. The molecule has 1 aliphatic heterocycles. The number of rotatable bonds is 4. The third kappa shape index (κ3) is 4.59. The molecule has 1 heterocycles. The molecule has 2 N–H and O–H groups in total. The van der Waals surface area contributed by atoms with Crippen LogP contribution in [0.5, 0.6) is 0 Å². The van der Waals surface area contributed by atoms with Crippen LogP contribution in [0.25, 0.3) is 0 Å². The molecular weight excluding hydrogens is 314 g/mol. The van der Waals surface area contributed by atoms with Crippen LogP contribution in [0.2, 0.25) is 0 Å². The van der Waals surface area contributed by atoms with Crippen LogP contribution >= 0.6 is 0 Å². The van der Waals surface area contributed by atoms with Crippen LogP contribution in [-0.2, 0) is 4.79 Å². The van der Waals surface area contributed by atoms with E-state index in [0.717, 1.165) is 13.1 Å². The second-order valence-electron chi connectivity index (χ2n) is 6.31. The molecule has 0 radical (unpaired) electrons. The molecule has 0 aliphatic carbocycles. The van der Waals surface area contributed by atoms with Gasteiger partial charge in [0.15, 0.2) is 0 Å². The van der Waals surface area contributed by atoms with Crippen LogP contribution in [0.15, 0.2) is 48.5 Å². The Bertz CT molecular complexity index is 750. The van der Waals surface area contributed by atoms with E-state index >= 15 is 0 Å². The molecule has 0 unspecified atom stereocenters. The lowest BCUT2D eigenvalue weighted by atomic mass is 10.1. The number of carbonyl (C=O) groups is 2. The van der Waals surface area contributed by atoms with Crippen LogP contribution in [0.4, 0.5) is 17.1 Å². The average molecular weight is 337 g/mol. The minimum atomic E-state index is -0.162. The summed E-state index contributed by atoms with van der Waals surface area (Å²) in [5.74, 6) is -0.304. The largest absolute Gasteiger partial charge is 0.372 e. The van der Waals surface area contributed by atoms with E-state index in [0.29, 0.717) is 16.9 Å². The summed E-state index contributed by atoms with van der Waals surface area (Å²) >= 11 is 0. The third-order valence-electron chi connectivity index (χ3n) is 4.29. The van der Waals surface area contributed by atoms with E-state index in [9.17, 15) is 9.59 Å². The first-order valence-corrected chi connectivity index (χ1v) is 8.66. The summed E-state index contributed by atoms with van der Waals surface area (Å²) in [4.78, 5) is 25.9. The lowest BCUT2D eigenvalue weighted by Crippen LogP contribution is -2.29. The van der Waals surface area contributed by atoms with Crippen LogP contribution in [0.1, 0.15) is 36.5 Å². The van der Waals surface area contributed by atoms with Crippen LogP contribution in [0, 0.1) is 0 Å². The predicted octanol–water partition coefficient (Wildman–Crippen LogP) is 3.89. The fraction of sp³-hybridized carbons (Fsp3) is 0.300. The summed E-state index contributed by atoms with van der Waals surface area (Å²) < 4.78 is 0. The van der Waals surface area contributed by atoms with Gasteiger partial charge >= 0.3 is 0 Å². The van der Waals surface area contributed by atoms with E-state index in [1.807, 2.05) is 24.3 Å². The normalized spacial score (nSPS) is 14.0. The van der Waals surface area contributed by atoms with Gasteiger partial charge in [0.05, 0.1) is 0 Å². The number of piperidine rings is 1. The first-order valence-electron chi connectivity index (χ1n) is 8.66. The Hall–Kier alpha value is -2.82. The molecule has 3 rings (SSSR count). The van der Waals surface area contributed by atoms with Gasteiger partial charge in [-0.2, -0.15) is 0 Å². The summed E-state index contributed by atoms with van der Waals surface area (Å²) in [5.41, 5.74) is 3.09. The maximum Gasteiger partial charge on any atom is 0.255 e. The Kier molecular flexibility index (Phi) is 5.33. The van der Waals surface area contributed by atoms with E-state index in [1.165, 1.54) is 31.9 Å². The zero-order valence-corrected chi connectivity index (χ0v) is 14.4. The zero-order valence-electron chi connectivity index (χ0n) is 14.4. The number of anilines is 3. The van der Waals surface area contributed by atoms with Gasteiger partial charge in [-0.15, -0.1) is 0 Å². The second-order valence-corrected chi connectivity index (χ2v) is 6.31. The van der Waals surface area contributed by atoms with Crippen molar-refractivity contribution in [1.29, 1.82) is 0 Å². The lowest BCUT2D eigenvalue weighted by Gasteiger charge is -2.28. The standard InChI is InChI=1S/C20H23N3O2/c1-15(24)21-17-6-5-7-18(14-17)22-20(25)16-8-10-19(11-9-16)23-12-3-2-4-13-23/h5-11,14H,2-4,12-13H2,1H3,(H,21,24)(H,22,25). The number of carbonyl (C=O) groups excluding carboxylic acids is 2. The summed E-state index contributed by atoms with van der Waals surface area (Å²) in [6.07, 6.45) is 3.76. The van der Waals surface area contributed by atoms with Crippen LogP contribution < -0.4 is 15.5 Å². The van der Waals surface area contributed by atoms with Gasteiger partial charge < -0.3 is 15.5 Å². The first-order chi connectivity index (χ1) is 12.1. The minimum Gasteiger partial charge on any atom is -0.372 e. The maximum atomic E-state index is 12.4. The van der Waals surface area contributed by atoms with Gasteiger partial charge in [0.2, 0.25) is 5.91 Å². The quantitative estimate of drug-likeness (QED) is 0.890. The number of nitrogens with one attached hydrogen (secondary N) is 2. The molecule has 0 aromatic heterocycles. The highest BCUT2D eigenvalue weighted by atomic mass is 16.2. The van der Waals surface area contributed by atoms with Crippen LogP contribution in [-0.4, -0.2) is 24.9 Å². The highest BCUT2D eigenvalue weighted by Crippen LogP contribution is 2.21. The molecule has 1 aliphatic rings. The molecule has 2 aromatic rings. The van der Waals surface area contributed by atoms with E-state index in [-0.39, 0.29) is 11.8 Å². The molecular formula is C20H23N3O2. The molecule has 0 atom stereocenters. The van der Waals surface area contributed by atoms with E-state index in [4.69, 9.17) is 0 Å². The molecule has 5 nitrogen and oxygen atoms in total. The van der Waals surface area contributed by atoms with Crippen molar-refractivity contribution in [2.45, 2.75) is 26.2 Å². The molecule has 5 heteroatoms. The highest BCUT2D eigenvalue weighted by Gasteiger charge is 2.12. The Morgan fingerprint density at radius 2 is 1.52 bits per heavy atom. The van der Waals surface area contributed by atoms with Crippen molar-refractivity contribution < 1.29 is 9.59 Å². The molecule has 1 fully saturated rings.